The molecule has 2 atom stereocenters. The Morgan fingerprint density at radius 2 is 2.00 bits per heavy atom. The van der Waals surface area contributed by atoms with Crippen LogP contribution in [0.25, 0.3) is 0 Å². The highest BCUT2D eigenvalue weighted by Crippen LogP contribution is 2.17. The normalized spacial score (nSPS) is 15.9. The summed E-state index contributed by atoms with van der Waals surface area (Å²) in [7, 11) is 1.62. The molecule has 0 aromatic carbocycles. The molecule has 0 spiro atoms. The minimum Gasteiger partial charge on any atom is -0.383 e. The molecule has 0 radical (unpaired) electrons. The summed E-state index contributed by atoms with van der Waals surface area (Å²) in [5, 5.41) is 2.88. The molecule has 0 aliphatic carbocycles. The predicted octanol–water partition coefficient (Wildman–Crippen LogP) is 0.901. The minimum atomic E-state index is -0.483. The summed E-state index contributed by atoms with van der Waals surface area (Å²) in [5.41, 5.74) is 5.63. The van der Waals surface area contributed by atoms with Crippen molar-refractivity contribution >= 4 is 5.91 Å². The average Bonchev–Trinajstić information content (AvgIpc) is 2.14. The second-order valence-corrected chi connectivity index (χ2v) is 4.91. The summed E-state index contributed by atoms with van der Waals surface area (Å²) < 4.78 is 5.01. The summed E-state index contributed by atoms with van der Waals surface area (Å²) in [6.07, 6.45) is 0.844. The molecule has 3 N–H and O–H groups in total. The van der Waals surface area contributed by atoms with Crippen molar-refractivity contribution in [2.75, 3.05) is 13.7 Å². The van der Waals surface area contributed by atoms with E-state index in [1.54, 1.807) is 7.11 Å². The maximum atomic E-state index is 11.7. The Bertz CT molecular complexity index is 199. The third kappa shape index (κ3) is 5.14. The van der Waals surface area contributed by atoms with Crippen molar-refractivity contribution in [3.63, 3.8) is 0 Å². The highest BCUT2D eigenvalue weighted by atomic mass is 16.5. The van der Waals surface area contributed by atoms with E-state index in [0.29, 0.717) is 6.61 Å². The van der Waals surface area contributed by atoms with E-state index in [9.17, 15) is 4.79 Å². The fourth-order valence-corrected chi connectivity index (χ4v) is 1.15. The minimum absolute atomic E-state index is 0.0518. The Morgan fingerprint density at radius 3 is 2.33 bits per heavy atom. The smallest absolute Gasteiger partial charge is 0.237 e. The zero-order valence-electron chi connectivity index (χ0n) is 10.5. The topological polar surface area (TPSA) is 64.3 Å². The zero-order valence-corrected chi connectivity index (χ0v) is 10.5. The van der Waals surface area contributed by atoms with Gasteiger partial charge in [0.25, 0.3) is 0 Å². The van der Waals surface area contributed by atoms with Gasteiger partial charge in [0, 0.05) is 7.11 Å². The fourth-order valence-electron chi connectivity index (χ4n) is 1.15. The largest absolute Gasteiger partial charge is 0.383 e. The van der Waals surface area contributed by atoms with Crippen LogP contribution in [0.3, 0.4) is 0 Å². The van der Waals surface area contributed by atoms with Crippen LogP contribution in [0.15, 0.2) is 0 Å². The molecule has 0 aromatic heterocycles. The quantitative estimate of drug-likeness (QED) is 0.717. The number of nitrogens with two attached hydrogens (primary N) is 1. The Morgan fingerprint density at radius 1 is 1.47 bits per heavy atom. The van der Waals surface area contributed by atoms with Gasteiger partial charge in [-0.3, -0.25) is 4.79 Å². The van der Waals surface area contributed by atoms with Gasteiger partial charge in [0.15, 0.2) is 0 Å². The molecule has 0 fully saturated rings. The number of carbonyl (C=O) groups excluding carboxylic acids is 1. The van der Waals surface area contributed by atoms with Gasteiger partial charge in [-0.1, -0.05) is 27.7 Å². The van der Waals surface area contributed by atoms with Crippen LogP contribution in [0, 0.1) is 5.41 Å². The number of ether oxygens (including phenoxy) is 1. The van der Waals surface area contributed by atoms with Crippen LogP contribution < -0.4 is 11.1 Å². The maximum Gasteiger partial charge on any atom is 0.237 e. The van der Waals surface area contributed by atoms with Crippen molar-refractivity contribution < 1.29 is 9.53 Å². The lowest BCUT2D eigenvalue weighted by Gasteiger charge is -2.27. The first-order valence-corrected chi connectivity index (χ1v) is 5.37. The first kappa shape index (κ1) is 14.4. The molecule has 0 bridgehead atoms. The lowest BCUT2D eigenvalue weighted by molar-refractivity contribution is -0.125. The Kier molecular flexibility index (Phi) is 5.83. The molecule has 0 aromatic rings. The van der Waals surface area contributed by atoms with Crippen LogP contribution in [0.2, 0.25) is 0 Å². The van der Waals surface area contributed by atoms with Gasteiger partial charge in [0.05, 0.1) is 18.7 Å². The van der Waals surface area contributed by atoms with E-state index in [-0.39, 0.29) is 17.4 Å². The Balaban J connectivity index is 4.22. The molecule has 15 heavy (non-hydrogen) atoms. The average molecular weight is 216 g/mol. The van der Waals surface area contributed by atoms with E-state index in [0.717, 1.165) is 6.42 Å². The molecule has 4 heteroatoms. The third-order valence-electron chi connectivity index (χ3n) is 2.42. The van der Waals surface area contributed by atoms with Crippen molar-refractivity contribution in [3.8, 4) is 0 Å². The summed E-state index contributed by atoms with van der Waals surface area (Å²) in [5.74, 6) is -0.105. The number of rotatable bonds is 5. The summed E-state index contributed by atoms with van der Waals surface area (Å²) in [6.45, 7) is 8.39. The lowest BCUT2D eigenvalue weighted by Crippen LogP contribution is -2.52. The molecule has 0 rings (SSSR count). The van der Waals surface area contributed by atoms with Crippen molar-refractivity contribution in [1.29, 1.82) is 0 Å². The van der Waals surface area contributed by atoms with Gasteiger partial charge in [0.2, 0.25) is 5.91 Å². The monoisotopic (exact) mass is 216 g/mol. The summed E-state index contributed by atoms with van der Waals surface area (Å²) in [4.78, 5) is 11.7. The summed E-state index contributed by atoms with van der Waals surface area (Å²) >= 11 is 0. The van der Waals surface area contributed by atoms with E-state index in [1.807, 2.05) is 27.7 Å². The highest BCUT2D eigenvalue weighted by Gasteiger charge is 2.28. The van der Waals surface area contributed by atoms with Gasteiger partial charge < -0.3 is 15.8 Å². The van der Waals surface area contributed by atoms with Crippen molar-refractivity contribution in [2.45, 2.75) is 46.2 Å². The van der Waals surface area contributed by atoms with Crippen molar-refractivity contribution in [1.82, 2.24) is 5.32 Å². The summed E-state index contributed by atoms with van der Waals surface area (Å²) in [6, 6.07) is -0.431. The molecule has 0 aliphatic heterocycles. The van der Waals surface area contributed by atoms with E-state index in [1.165, 1.54) is 0 Å². The van der Waals surface area contributed by atoms with Crippen LogP contribution >= 0.6 is 0 Å². The van der Waals surface area contributed by atoms with Crippen LogP contribution in [-0.2, 0) is 9.53 Å². The molecule has 0 aliphatic rings. The van der Waals surface area contributed by atoms with Crippen LogP contribution in [0.5, 0.6) is 0 Å². The van der Waals surface area contributed by atoms with Gasteiger partial charge in [-0.15, -0.1) is 0 Å². The van der Waals surface area contributed by atoms with Crippen molar-refractivity contribution in [3.05, 3.63) is 0 Å². The Labute approximate surface area is 92.6 Å². The number of nitrogens with one attached hydrogen (secondary N) is 1. The standard InChI is InChI=1S/C11H24N2O2/c1-6-8(7-15-5)13-10(14)9(12)11(2,3)4/h8-9H,6-7,12H2,1-5H3,(H,13,14)/t8?,9-/m0/s1. The van der Waals surface area contributed by atoms with E-state index < -0.39 is 6.04 Å². The maximum absolute atomic E-state index is 11.7. The van der Waals surface area contributed by atoms with Crippen molar-refractivity contribution in [2.24, 2.45) is 11.1 Å². The van der Waals surface area contributed by atoms with E-state index in [4.69, 9.17) is 10.5 Å². The van der Waals surface area contributed by atoms with Gasteiger partial charge >= 0.3 is 0 Å². The molecular weight excluding hydrogens is 192 g/mol. The highest BCUT2D eigenvalue weighted by molar-refractivity contribution is 5.82. The number of amides is 1. The van der Waals surface area contributed by atoms with Gasteiger partial charge in [0.1, 0.15) is 0 Å². The first-order valence-electron chi connectivity index (χ1n) is 5.37. The number of methoxy groups -OCH3 is 1. The Hall–Kier alpha value is -0.610. The second kappa shape index (κ2) is 6.08. The molecule has 1 amide bonds. The van der Waals surface area contributed by atoms with E-state index >= 15 is 0 Å². The molecule has 1 unspecified atom stereocenters. The lowest BCUT2D eigenvalue weighted by atomic mass is 9.87. The van der Waals surface area contributed by atoms with Gasteiger partial charge in [-0.05, 0) is 11.8 Å². The predicted molar refractivity (Wildman–Crippen MR) is 61.5 cm³/mol. The van der Waals surface area contributed by atoms with Crippen LogP contribution in [0.1, 0.15) is 34.1 Å². The molecule has 90 valence electrons. The zero-order chi connectivity index (χ0) is 12.1. The van der Waals surface area contributed by atoms with Gasteiger partial charge in [-0.2, -0.15) is 0 Å². The molecule has 0 heterocycles. The molecule has 4 nitrogen and oxygen atoms in total. The number of hydrogen-bond donors (Lipinski definition) is 2. The molecule has 0 saturated carbocycles. The number of hydrogen-bond acceptors (Lipinski definition) is 3. The SMILES string of the molecule is CCC(COC)NC(=O)[C@H](N)C(C)(C)C. The van der Waals surface area contributed by atoms with Gasteiger partial charge in [-0.25, -0.2) is 0 Å². The molecular formula is C11H24N2O2. The van der Waals surface area contributed by atoms with E-state index in [2.05, 4.69) is 5.32 Å². The second-order valence-electron chi connectivity index (χ2n) is 4.91. The first-order chi connectivity index (χ1) is 6.82. The fraction of sp³-hybridized carbons (Fsp3) is 0.909. The van der Waals surface area contributed by atoms with Crippen LogP contribution in [0.4, 0.5) is 0 Å². The number of carbonyl (C=O) groups is 1. The van der Waals surface area contributed by atoms with Crippen LogP contribution in [-0.4, -0.2) is 31.7 Å². The molecule has 0 saturated heterocycles. The third-order valence-corrected chi connectivity index (χ3v) is 2.42.